The fourth-order valence-electron chi connectivity index (χ4n) is 3.23. The number of carbonyl (C=O) groups excluding carboxylic acids is 2. The molecule has 1 saturated heterocycles. The van der Waals surface area contributed by atoms with Crippen LogP contribution in [0.2, 0.25) is 5.02 Å². The molecule has 0 bridgehead atoms. The van der Waals surface area contributed by atoms with Gasteiger partial charge in [-0.25, -0.2) is 4.99 Å². The molecule has 0 N–H and O–H groups in total. The van der Waals surface area contributed by atoms with E-state index in [-0.39, 0.29) is 17.1 Å². The number of allylic oxidation sites excluding steroid dienone is 3. The van der Waals surface area contributed by atoms with Crippen LogP contribution in [0.25, 0.3) is 0 Å². The number of anilines is 1. The molecule has 0 aromatic heterocycles. The van der Waals surface area contributed by atoms with Crippen molar-refractivity contribution >= 4 is 46.6 Å². The summed E-state index contributed by atoms with van der Waals surface area (Å²) in [5.74, 6) is -0.470. The number of aliphatic imine (C=N–C) groups is 1. The number of thioether (sulfide) groups is 1. The molecule has 138 valence electrons. The second kappa shape index (κ2) is 7.74. The van der Waals surface area contributed by atoms with E-state index >= 15 is 0 Å². The topological polar surface area (TPSA) is 53.0 Å². The minimum absolute atomic E-state index is 0.00595. The van der Waals surface area contributed by atoms with E-state index in [1.54, 1.807) is 4.90 Å². The Morgan fingerprint density at radius 1 is 1.22 bits per heavy atom. The van der Waals surface area contributed by atoms with E-state index in [1.807, 2.05) is 48.6 Å². The van der Waals surface area contributed by atoms with E-state index in [0.717, 1.165) is 24.5 Å². The first-order chi connectivity index (χ1) is 13.1. The van der Waals surface area contributed by atoms with Gasteiger partial charge in [0.2, 0.25) is 5.91 Å². The molecular weight excluding hydrogens is 382 g/mol. The van der Waals surface area contributed by atoms with Crippen molar-refractivity contribution in [2.24, 2.45) is 4.99 Å². The molecule has 2 heterocycles. The summed E-state index contributed by atoms with van der Waals surface area (Å²) in [6.45, 7) is 2.67. The average molecular weight is 400 g/mol. The van der Waals surface area contributed by atoms with Crippen LogP contribution in [0.1, 0.15) is 0 Å². The zero-order valence-corrected chi connectivity index (χ0v) is 16.1. The normalized spacial score (nSPS) is 23.4. The number of amides is 2. The summed E-state index contributed by atoms with van der Waals surface area (Å²) in [7, 11) is 0. The Balaban J connectivity index is 1.40. The van der Waals surface area contributed by atoms with Crippen LogP contribution in [0.4, 0.5) is 5.69 Å². The Kier molecular flexibility index (Phi) is 5.18. The minimum Gasteiger partial charge on any atom is -0.368 e. The van der Waals surface area contributed by atoms with Gasteiger partial charge in [-0.2, -0.15) is 0 Å². The summed E-state index contributed by atoms with van der Waals surface area (Å²) in [5, 5.41) is 0.710. The second-order valence-corrected chi connectivity index (χ2v) is 8.04. The summed E-state index contributed by atoms with van der Waals surface area (Å²) < 4.78 is 0. The zero-order chi connectivity index (χ0) is 18.8. The number of halogens is 1. The van der Waals surface area contributed by atoms with Crippen molar-refractivity contribution < 1.29 is 9.59 Å². The second-order valence-electron chi connectivity index (χ2n) is 6.43. The Morgan fingerprint density at radius 3 is 2.81 bits per heavy atom. The van der Waals surface area contributed by atoms with Crippen molar-refractivity contribution in [1.29, 1.82) is 0 Å². The molecule has 0 spiro atoms. The number of benzene rings is 1. The van der Waals surface area contributed by atoms with Gasteiger partial charge < -0.3 is 9.80 Å². The third-order valence-electron chi connectivity index (χ3n) is 4.67. The molecule has 2 amide bonds. The number of rotatable bonds is 2. The van der Waals surface area contributed by atoms with Crippen LogP contribution in [-0.2, 0) is 9.59 Å². The maximum Gasteiger partial charge on any atom is 0.283 e. The van der Waals surface area contributed by atoms with Crippen LogP contribution in [0.15, 0.2) is 64.5 Å². The van der Waals surface area contributed by atoms with Gasteiger partial charge in [0.05, 0.1) is 15.9 Å². The lowest BCUT2D eigenvalue weighted by Gasteiger charge is -2.35. The SMILES string of the molecule is O=C1N=C2C=CC=CC2S/C1=C\C(=O)N1CCN(c2cccc(Cl)c2)CC1. The average Bonchev–Trinajstić information content (AvgIpc) is 2.68. The van der Waals surface area contributed by atoms with E-state index in [2.05, 4.69) is 9.89 Å². The first-order valence-corrected chi connectivity index (χ1v) is 10.0. The molecule has 27 heavy (non-hydrogen) atoms. The summed E-state index contributed by atoms with van der Waals surface area (Å²) in [6, 6.07) is 7.72. The van der Waals surface area contributed by atoms with E-state index in [0.29, 0.717) is 23.0 Å². The monoisotopic (exact) mass is 399 g/mol. The smallest absolute Gasteiger partial charge is 0.283 e. The Hall–Kier alpha value is -2.31. The summed E-state index contributed by atoms with van der Waals surface area (Å²) in [4.78, 5) is 33.3. The lowest BCUT2D eigenvalue weighted by molar-refractivity contribution is -0.126. The molecule has 7 heteroatoms. The van der Waals surface area contributed by atoms with E-state index < -0.39 is 0 Å². The van der Waals surface area contributed by atoms with E-state index in [9.17, 15) is 9.59 Å². The number of carbonyl (C=O) groups is 2. The standard InChI is InChI=1S/C20H18ClN3O2S/c21-14-4-3-5-15(12-14)23-8-10-24(11-9-23)19(25)13-18-20(26)22-16-6-1-2-7-17(16)27-18/h1-7,12-13,17H,8-11H2/b18-13-. The first kappa shape index (κ1) is 18.1. The van der Waals surface area contributed by atoms with Crippen LogP contribution in [0.5, 0.6) is 0 Å². The molecule has 1 aromatic carbocycles. The molecule has 5 nitrogen and oxygen atoms in total. The molecular formula is C20H18ClN3O2S. The van der Waals surface area contributed by atoms with Crippen molar-refractivity contribution in [1.82, 2.24) is 4.90 Å². The highest BCUT2D eigenvalue weighted by atomic mass is 35.5. The molecule has 1 aliphatic carbocycles. The predicted octanol–water partition coefficient (Wildman–Crippen LogP) is 3.08. The van der Waals surface area contributed by atoms with Gasteiger partial charge >= 0.3 is 0 Å². The molecule has 4 rings (SSSR count). The fourth-order valence-corrected chi connectivity index (χ4v) is 4.42. The van der Waals surface area contributed by atoms with Gasteiger partial charge in [-0.15, -0.1) is 11.8 Å². The molecule has 0 saturated carbocycles. The lowest BCUT2D eigenvalue weighted by Crippen LogP contribution is -2.48. The van der Waals surface area contributed by atoms with Crippen molar-refractivity contribution in [3.63, 3.8) is 0 Å². The maximum absolute atomic E-state index is 12.6. The summed E-state index contributed by atoms with van der Waals surface area (Å²) in [5.41, 5.74) is 1.80. The third-order valence-corrected chi connectivity index (χ3v) is 6.10. The highest BCUT2D eigenvalue weighted by Crippen LogP contribution is 2.31. The molecule has 3 aliphatic rings. The number of fused-ring (bicyclic) bond motifs is 1. The third kappa shape index (κ3) is 4.01. The largest absolute Gasteiger partial charge is 0.368 e. The van der Waals surface area contributed by atoms with Gasteiger partial charge in [0.1, 0.15) is 0 Å². The van der Waals surface area contributed by atoms with Crippen LogP contribution in [0, 0.1) is 0 Å². The minimum atomic E-state index is -0.336. The van der Waals surface area contributed by atoms with Gasteiger partial charge in [0, 0.05) is 43.0 Å². The highest BCUT2D eigenvalue weighted by molar-refractivity contribution is 8.05. The highest BCUT2D eigenvalue weighted by Gasteiger charge is 2.28. The van der Waals surface area contributed by atoms with E-state index in [4.69, 9.17) is 11.6 Å². The van der Waals surface area contributed by atoms with Gasteiger partial charge in [-0.1, -0.05) is 35.9 Å². The van der Waals surface area contributed by atoms with Crippen molar-refractivity contribution in [3.05, 3.63) is 64.6 Å². The predicted molar refractivity (Wildman–Crippen MR) is 110 cm³/mol. The quantitative estimate of drug-likeness (QED) is 0.717. The van der Waals surface area contributed by atoms with Crippen LogP contribution in [0.3, 0.4) is 0 Å². The van der Waals surface area contributed by atoms with E-state index in [1.165, 1.54) is 17.8 Å². The molecule has 2 aliphatic heterocycles. The Morgan fingerprint density at radius 2 is 2.04 bits per heavy atom. The number of nitrogens with zero attached hydrogens (tertiary/aromatic N) is 3. The van der Waals surface area contributed by atoms with Crippen molar-refractivity contribution in [2.45, 2.75) is 5.25 Å². The Bertz CT molecular complexity index is 898. The zero-order valence-electron chi connectivity index (χ0n) is 14.5. The van der Waals surface area contributed by atoms with Gasteiger partial charge in [0.15, 0.2) is 0 Å². The lowest BCUT2D eigenvalue weighted by atomic mass is 10.1. The number of piperazine rings is 1. The Labute approximate surface area is 167 Å². The first-order valence-electron chi connectivity index (χ1n) is 8.76. The maximum atomic E-state index is 12.6. The van der Waals surface area contributed by atoms with Crippen LogP contribution in [-0.4, -0.2) is 53.9 Å². The fraction of sp³-hybridized carbons (Fsp3) is 0.250. The molecule has 1 unspecified atom stereocenters. The van der Waals surface area contributed by atoms with Gasteiger partial charge in [-0.3, -0.25) is 9.59 Å². The molecule has 1 atom stereocenters. The summed E-state index contributed by atoms with van der Waals surface area (Å²) >= 11 is 7.45. The van der Waals surface area contributed by atoms with Crippen LogP contribution >= 0.6 is 23.4 Å². The summed E-state index contributed by atoms with van der Waals surface area (Å²) in [6.07, 6.45) is 9.05. The van der Waals surface area contributed by atoms with Gasteiger partial charge in [0.25, 0.3) is 5.91 Å². The van der Waals surface area contributed by atoms with Crippen molar-refractivity contribution in [2.75, 3.05) is 31.1 Å². The number of hydrogen-bond donors (Lipinski definition) is 0. The van der Waals surface area contributed by atoms with Crippen molar-refractivity contribution in [3.8, 4) is 0 Å². The molecule has 0 radical (unpaired) electrons. The number of hydrogen-bond acceptors (Lipinski definition) is 4. The van der Waals surface area contributed by atoms with Crippen LogP contribution < -0.4 is 4.90 Å². The molecule has 1 aromatic rings. The van der Waals surface area contributed by atoms with Gasteiger partial charge in [-0.05, 0) is 24.3 Å². The molecule has 1 fully saturated rings.